The number of aromatic nitrogens is 1. The molecule has 4 rings (SSSR count). The molecule has 9 heteroatoms. The predicted octanol–water partition coefficient (Wildman–Crippen LogP) is 5.33. The van der Waals surface area contributed by atoms with Crippen molar-refractivity contribution in [1.29, 1.82) is 0 Å². The van der Waals surface area contributed by atoms with Gasteiger partial charge in [0.25, 0.3) is 5.91 Å². The van der Waals surface area contributed by atoms with E-state index in [1.807, 2.05) is 30.3 Å². The number of hydrogen-bond acceptors (Lipinski definition) is 5. The normalized spacial score (nSPS) is 14.8. The van der Waals surface area contributed by atoms with Crippen LogP contribution in [0.25, 0.3) is 22.6 Å². The van der Waals surface area contributed by atoms with Gasteiger partial charge in [-0.1, -0.05) is 58.2 Å². The Morgan fingerprint density at radius 2 is 1.90 bits per heavy atom. The van der Waals surface area contributed by atoms with Gasteiger partial charge < -0.3 is 20.5 Å². The molecule has 0 bridgehead atoms. The number of halogens is 3. The molecule has 6 nitrogen and oxygen atoms in total. The number of nitrogens with zero attached hydrogens (tertiary/aromatic N) is 2. The monoisotopic (exact) mass is 478 g/mol. The first-order chi connectivity index (χ1) is 14.9. The lowest BCUT2D eigenvalue weighted by Gasteiger charge is -2.33. The van der Waals surface area contributed by atoms with Gasteiger partial charge in [0.1, 0.15) is 5.69 Å². The lowest BCUT2D eigenvalue weighted by molar-refractivity contribution is -0.114. The summed E-state index contributed by atoms with van der Waals surface area (Å²) in [5, 5.41) is 7.52. The van der Waals surface area contributed by atoms with Crippen LogP contribution in [0.15, 0.2) is 53.1 Å². The molecule has 1 amide bonds. The van der Waals surface area contributed by atoms with E-state index in [1.165, 1.54) is 0 Å². The van der Waals surface area contributed by atoms with Crippen LogP contribution in [0, 0.1) is 0 Å². The number of alkyl halides is 2. The fraction of sp³-hybridized carbons (Fsp3) is 0.273. The topological polar surface area (TPSA) is 84.4 Å². The number of carbonyl (C=O) groups is 1. The third-order valence-electron chi connectivity index (χ3n) is 5.25. The maximum atomic E-state index is 11.8. The van der Waals surface area contributed by atoms with Crippen LogP contribution in [0.5, 0.6) is 0 Å². The van der Waals surface area contributed by atoms with Crippen LogP contribution in [-0.2, 0) is 4.79 Å². The summed E-state index contributed by atoms with van der Waals surface area (Å²) in [4.78, 5) is 12.9. The molecule has 0 radical (unpaired) electrons. The minimum atomic E-state index is -1.15. The smallest absolute Gasteiger partial charge is 0.257 e. The van der Waals surface area contributed by atoms with Crippen LogP contribution in [0.1, 0.15) is 12.8 Å². The van der Waals surface area contributed by atoms with E-state index in [4.69, 9.17) is 45.1 Å². The summed E-state index contributed by atoms with van der Waals surface area (Å²) >= 11 is 17.8. The zero-order valence-corrected chi connectivity index (χ0v) is 18.8. The molecule has 2 heterocycles. The number of rotatable bonds is 5. The van der Waals surface area contributed by atoms with Gasteiger partial charge in [-0.15, -0.1) is 0 Å². The Bertz CT molecular complexity index is 1080. The van der Waals surface area contributed by atoms with Crippen molar-refractivity contribution in [2.24, 2.45) is 5.73 Å². The Labute approximate surface area is 195 Å². The van der Waals surface area contributed by atoms with Crippen LogP contribution in [0.4, 0.5) is 11.4 Å². The van der Waals surface area contributed by atoms with Gasteiger partial charge in [-0.25, -0.2) is 0 Å². The quantitative estimate of drug-likeness (QED) is 0.483. The van der Waals surface area contributed by atoms with Crippen molar-refractivity contribution in [2.45, 2.75) is 23.7 Å². The van der Waals surface area contributed by atoms with Crippen molar-refractivity contribution in [3.05, 3.63) is 53.6 Å². The molecule has 0 atom stereocenters. The molecule has 1 fully saturated rings. The lowest BCUT2D eigenvalue weighted by Crippen LogP contribution is -2.39. The number of carbonyl (C=O) groups excluding carboxylic acids is 1. The molecular weight excluding hydrogens is 459 g/mol. The molecule has 0 spiro atoms. The molecule has 1 saturated heterocycles. The first-order valence-electron chi connectivity index (χ1n) is 9.88. The Hall–Kier alpha value is -2.25. The number of benzene rings is 2. The maximum absolute atomic E-state index is 11.8. The number of anilines is 2. The Morgan fingerprint density at radius 3 is 2.65 bits per heavy atom. The Morgan fingerprint density at radius 1 is 1.16 bits per heavy atom. The highest BCUT2D eigenvalue weighted by Gasteiger charge is 2.22. The molecule has 2 aromatic carbocycles. The van der Waals surface area contributed by atoms with Crippen LogP contribution in [-0.4, -0.2) is 35.0 Å². The minimum Gasteiger partial charge on any atom is -0.371 e. The third kappa shape index (κ3) is 4.99. The van der Waals surface area contributed by atoms with E-state index < -0.39 is 10.7 Å². The van der Waals surface area contributed by atoms with Gasteiger partial charge in [-0.2, -0.15) is 0 Å². The highest BCUT2D eigenvalue weighted by Crippen LogP contribution is 2.39. The molecular formula is C22H21Cl3N4O2. The summed E-state index contributed by atoms with van der Waals surface area (Å²) in [6.45, 7) is 1.73. The van der Waals surface area contributed by atoms with Crippen molar-refractivity contribution in [2.75, 3.05) is 23.3 Å². The molecule has 1 aliphatic rings. The van der Waals surface area contributed by atoms with Gasteiger partial charge in [0, 0.05) is 47.7 Å². The first kappa shape index (κ1) is 22.0. The molecule has 3 aromatic rings. The highest BCUT2D eigenvalue weighted by molar-refractivity contribution is 6.54. The van der Waals surface area contributed by atoms with E-state index in [1.54, 1.807) is 18.2 Å². The molecule has 1 aliphatic heterocycles. The van der Waals surface area contributed by atoms with Gasteiger partial charge in [-0.3, -0.25) is 4.79 Å². The molecule has 1 aromatic heterocycles. The van der Waals surface area contributed by atoms with Crippen molar-refractivity contribution >= 4 is 52.1 Å². The van der Waals surface area contributed by atoms with Crippen LogP contribution in [0.2, 0.25) is 5.02 Å². The summed E-state index contributed by atoms with van der Waals surface area (Å²) in [6, 6.07) is 15.0. The van der Waals surface area contributed by atoms with Crippen molar-refractivity contribution < 1.29 is 9.32 Å². The van der Waals surface area contributed by atoms with Crippen molar-refractivity contribution in [3.63, 3.8) is 0 Å². The predicted molar refractivity (Wildman–Crippen MR) is 126 cm³/mol. The summed E-state index contributed by atoms with van der Waals surface area (Å²) in [6.07, 6.45) is 1.86. The molecule has 162 valence electrons. The van der Waals surface area contributed by atoms with Gasteiger partial charge in [0.2, 0.25) is 0 Å². The van der Waals surface area contributed by atoms with E-state index >= 15 is 0 Å². The third-order valence-corrected chi connectivity index (χ3v) is 5.96. The van der Waals surface area contributed by atoms with E-state index in [-0.39, 0.29) is 6.04 Å². The lowest BCUT2D eigenvalue weighted by atomic mass is 10.0. The van der Waals surface area contributed by atoms with Crippen molar-refractivity contribution in [1.82, 2.24) is 5.16 Å². The molecule has 0 unspecified atom stereocenters. The molecule has 3 N–H and O–H groups in total. The molecule has 0 aliphatic carbocycles. The van der Waals surface area contributed by atoms with Crippen LogP contribution >= 0.6 is 34.8 Å². The van der Waals surface area contributed by atoms with Gasteiger partial charge in [0.05, 0.1) is 5.02 Å². The van der Waals surface area contributed by atoms with E-state index in [2.05, 4.69) is 15.4 Å². The van der Waals surface area contributed by atoms with E-state index in [9.17, 15) is 4.79 Å². The summed E-state index contributed by atoms with van der Waals surface area (Å²) in [5.74, 6) is 0.0478. The molecule has 0 saturated carbocycles. The van der Waals surface area contributed by atoms with E-state index in [0.29, 0.717) is 22.2 Å². The summed E-state index contributed by atoms with van der Waals surface area (Å²) < 4.78 is 5.61. The number of nitrogens with one attached hydrogen (secondary N) is 1. The largest absolute Gasteiger partial charge is 0.371 e. The average Bonchev–Trinajstić information content (AvgIpc) is 3.24. The number of amides is 1. The van der Waals surface area contributed by atoms with Crippen LogP contribution < -0.4 is 16.0 Å². The standard InChI is InChI=1S/C22H21Cl3N4O2/c23-16-5-2-6-18(29-9-7-14(26)8-10-29)20(16)17-12-19(31-28-17)13-3-1-4-15(11-13)27-22(30)21(24)25/h1-6,11-12,14,21H,7-10,26H2,(H,27,30). The van der Waals surface area contributed by atoms with Gasteiger partial charge in [0.15, 0.2) is 10.6 Å². The second-order valence-electron chi connectivity index (χ2n) is 7.41. The second-order valence-corrected chi connectivity index (χ2v) is 8.91. The van der Waals surface area contributed by atoms with E-state index in [0.717, 1.165) is 42.7 Å². The van der Waals surface area contributed by atoms with Crippen LogP contribution in [0.3, 0.4) is 0 Å². The number of nitrogens with two attached hydrogens (primary N) is 1. The maximum Gasteiger partial charge on any atom is 0.257 e. The Kier molecular flexibility index (Phi) is 6.72. The molecule has 31 heavy (non-hydrogen) atoms. The highest BCUT2D eigenvalue weighted by atomic mass is 35.5. The average molecular weight is 480 g/mol. The second kappa shape index (κ2) is 9.49. The Balaban J connectivity index is 1.64. The van der Waals surface area contributed by atoms with Crippen molar-refractivity contribution in [3.8, 4) is 22.6 Å². The fourth-order valence-electron chi connectivity index (χ4n) is 3.65. The zero-order valence-electron chi connectivity index (χ0n) is 16.5. The summed E-state index contributed by atoms with van der Waals surface area (Å²) in [5.41, 5.74) is 9.83. The minimum absolute atomic E-state index is 0.234. The summed E-state index contributed by atoms with van der Waals surface area (Å²) in [7, 11) is 0. The zero-order chi connectivity index (χ0) is 22.0. The number of hydrogen-bond donors (Lipinski definition) is 2. The fourth-order valence-corrected chi connectivity index (χ4v) is 4.02. The van der Waals surface area contributed by atoms with Gasteiger partial charge >= 0.3 is 0 Å². The number of piperidine rings is 1. The SMILES string of the molecule is NC1CCN(c2cccc(Cl)c2-c2cc(-c3cccc(NC(=O)C(Cl)Cl)c3)on2)CC1. The van der Waals surface area contributed by atoms with Gasteiger partial charge in [-0.05, 0) is 37.1 Å². The first-order valence-corrected chi connectivity index (χ1v) is 11.1.